The summed E-state index contributed by atoms with van der Waals surface area (Å²) in [4.78, 5) is 0. The lowest BCUT2D eigenvalue weighted by Crippen LogP contribution is -2.12. The van der Waals surface area contributed by atoms with E-state index >= 15 is 0 Å². The maximum atomic E-state index is 12.2. The first-order valence-corrected chi connectivity index (χ1v) is 4.61. The van der Waals surface area contributed by atoms with Crippen LogP contribution >= 0.6 is 12.3 Å². The standard InChI is InChI=1S/C9H12FNS/c1-2-11(12-10)8-9-6-4-3-5-7-9/h3-7H,2,8H2,1H3. The van der Waals surface area contributed by atoms with E-state index in [9.17, 15) is 3.89 Å². The van der Waals surface area contributed by atoms with Crippen LogP contribution in [0.5, 0.6) is 0 Å². The van der Waals surface area contributed by atoms with Gasteiger partial charge in [0, 0.05) is 13.1 Å². The van der Waals surface area contributed by atoms with Crippen LogP contribution in [-0.2, 0) is 6.54 Å². The molecule has 0 saturated heterocycles. The second-order valence-corrected chi connectivity index (χ2v) is 3.17. The van der Waals surface area contributed by atoms with Crippen molar-refractivity contribution in [2.75, 3.05) is 6.54 Å². The van der Waals surface area contributed by atoms with Crippen LogP contribution in [0.4, 0.5) is 3.89 Å². The highest BCUT2D eigenvalue weighted by Gasteiger charge is 2.02. The van der Waals surface area contributed by atoms with Gasteiger partial charge >= 0.3 is 0 Å². The summed E-state index contributed by atoms with van der Waals surface area (Å²) in [6.45, 7) is 3.32. The molecule has 3 heteroatoms. The second kappa shape index (κ2) is 5.17. The smallest absolute Gasteiger partial charge is 0.134 e. The molecule has 0 aromatic heterocycles. The van der Waals surface area contributed by atoms with Crippen LogP contribution in [0.2, 0.25) is 0 Å². The van der Waals surface area contributed by atoms with E-state index in [1.165, 1.54) is 0 Å². The summed E-state index contributed by atoms with van der Waals surface area (Å²) in [7, 11) is 0. The van der Waals surface area contributed by atoms with Crippen molar-refractivity contribution in [3.05, 3.63) is 35.9 Å². The Hall–Kier alpha value is -0.540. The predicted molar refractivity (Wildman–Crippen MR) is 51.2 cm³/mol. The molecule has 0 aliphatic rings. The molecule has 0 aliphatic heterocycles. The zero-order chi connectivity index (χ0) is 8.81. The minimum absolute atomic E-state index is 0.298. The highest BCUT2D eigenvalue weighted by molar-refractivity contribution is 7.91. The Labute approximate surface area is 77.0 Å². The molecule has 0 atom stereocenters. The molecule has 0 aliphatic carbocycles. The van der Waals surface area contributed by atoms with Gasteiger partial charge in [0.2, 0.25) is 0 Å². The normalized spacial score (nSPS) is 10.6. The van der Waals surface area contributed by atoms with Crippen molar-refractivity contribution >= 4 is 12.3 Å². The van der Waals surface area contributed by atoms with Gasteiger partial charge in [0.05, 0.1) is 0 Å². The first-order valence-electron chi connectivity index (χ1n) is 3.94. The van der Waals surface area contributed by atoms with E-state index in [2.05, 4.69) is 0 Å². The molecule has 0 radical (unpaired) electrons. The molecule has 12 heavy (non-hydrogen) atoms. The molecule has 0 heterocycles. The maximum Gasteiger partial charge on any atom is 0.134 e. The Morgan fingerprint density at radius 1 is 1.33 bits per heavy atom. The molecule has 1 nitrogen and oxygen atoms in total. The summed E-state index contributed by atoms with van der Waals surface area (Å²) < 4.78 is 13.8. The van der Waals surface area contributed by atoms with E-state index in [0.717, 1.165) is 12.1 Å². The van der Waals surface area contributed by atoms with Crippen LogP contribution in [0.3, 0.4) is 0 Å². The van der Waals surface area contributed by atoms with Crippen molar-refractivity contribution in [3.8, 4) is 0 Å². The fourth-order valence-electron chi connectivity index (χ4n) is 0.972. The van der Waals surface area contributed by atoms with Crippen LogP contribution in [0.25, 0.3) is 0 Å². The Bertz CT molecular complexity index is 211. The van der Waals surface area contributed by atoms with Crippen molar-refractivity contribution in [1.29, 1.82) is 0 Å². The van der Waals surface area contributed by atoms with E-state index in [0.29, 0.717) is 18.9 Å². The molecule has 0 amide bonds. The van der Waals surface area contributed by atoms with Gasteiger partial charge in [-0.05, 0) is 5.56 Å². The van der Waals surface area contributed by atoms with Crippen LogP contribution in [0, 0.1) is 0 Å². The summed E-state index contributed by atoms with van der Waals surface area (Å²) in [5, 5.41) is 0. The largest absolute Gasteiger partial charge is 0.218 e. The second-order valence-electron chi connectivity index (χ2n) is 2.51. The lowest BCUT2D eigenvalue weighted by atomic mass is 10.2. The van der Waals surface area contributed by atoms with Crippen LogP contribution in [0.15, 0.2) is 30.3 Å². The third kappa shape index (κ3) is 2.83. The van der Waals surface area contributed by atoms with Crippen molar-refractivity contribution in [2.45, 2.75) is 13.5 Å². The van der Waals surface area contributed by atoms with Crippen molar-refractivity contribution in [3.63, 3.8) is 0 Å². The fourth-order valence-corrected chi connectivity index (χ4v) is 1.27. The third-order valence-electron chi connectivity index (χ3n) is 1.65. The number of rotatable bonds is 4. The predicted octanol–water partition coefficient (Wildman–Crippen LogP) is 3.04. The zero-order valence-electron chi connectivity index (χ0n) is 7.03. The topological polar surface area (TPSA) is 3.24 Å². The van der Waals surface area contributed by atoms with Crippen LogP contribution in [-0.4, -0.2) is 10.8 Å². The lowest BCUT2D eigenvalue weighted by Gasteiger charge is -2.12. The van der Waals surface area contributed by atoms with Crippen LogP contribution < -0.4 is 0 Å². The number of hydrogen-bond donors (Lipinski definition) is 0. The summed E-state index contributed by atoms with van der Waals surface area (Å²) in [6.07, 6.45) is 0. The van der Waals surface area contributed by atoms with Crippen molar-refractivity contribution < 1.29 is 3.89 Å². The van der Waals surface area contributed by atoms with Gasteiger partial charge in [0.15, 0.2) is 0 Å². The fraction of sp³-hybridized carbons (Fsp3) is 0.333. The van der Waals surface area contributed by atoms with Gasteiger partial charge < -0.3 is 0 Å². The van der Waals surface area contributed by atoms with E-state index in [1.807, 2.05) is 37.3 Å². The van der Waals surface area contributed by atoms with Crippen molar-refractivity contribution in [1.82, 2.24) is 4.31 Å². The minimum atomic E-state index is 0.298. The molecule has 1 aromatic rings. The average molecular weight is 185 g/mol. The molecule has 1 rings (SSSR count). The van der Waals surface area contributed by atoms with E-state index < -0.39 is 0 Å². The summed E-state index contributed by atoms with van der Waals surface area (Å²) >= 11 is 0.298. The van der Waals surface area contributed by atoms with E-state index in [4.69, 9.17) is 0 Å². The highest BCUT2D eigenvalue weighted by atomic mass is 32.2. The monoisotopic (exact) mass is 185 g/mol. The Kier molecular flexibility index (Phi) is 4.11. The molecule has 66 valence electrons. The molecule has 0 saturated carbocycles. The van der Waals surface area contributed by atoms with Crippen molar-refractivity contribution in [2.24, 2.45) is 0 Å². The first kappa shape index (κ1) is 9.55. The zero-order valence-corrected chi connectivity index (χ0v) is 7.85. The van der Waals surface area contributed by atoms with Gasteiger partial charge in [-0.15, -0.1) is 3.89 Å². The van der Waals surface area contributed by atoms with Gasteiger partial charge in [0.1, 0.15) is 12.3 Å². The number of hydrogen-bond acceptors (Lipinski definition) is 2. The first-order chi connectivity index (χ1) is 5.86. The van der Waals surface area contributed by atoms with Gasteiger partial charge in [0.25, 0.3) is 0 Å². The number of nitrogens with zero attached hydrogens (tertiary/aromatic N) is 1. The Balaban J connectivity index is 2.51. The maximum absolute atomic E-state index is 12.2. The molecule has 1 aromatic carbocycles. The lowest BCUT2D eigenvalue weighted by molar-refractivity contribution is 0.478. The van der Waals surface area contributed by atoms with Crippen LogP contribution in [0.1, 0.15) is 12.5 Å². The summed E-state index contributed by atoms with van der Waals surface area (Å²) in [5.41, 5.74) is 1.14. The van der Waals surface area contributed by atoms with Gasteiger partial charge in [-0.25, -0.2) is 4.31 Å². The molecule has 0 bridgehead atoms. The van der Waals surface area contributed by atoms with Gasteiger partial charge in [-0.3, -0.25) is 0 Å². The Morgan fingerprint density at radius 3 is 2.50 bits per heavy atom. The summed E-state index contributed by atoms with van der Waals surface area (Å²) in [6, 6.07) is 9.89. The van der Waals surface area contributed by atoms with Gasteiger partial charge in [-0.2, -0.15) is 0 Å². The highest BCUT2D eigenvalue weighted by Crippen LogP contribution is 2.14. The molecular formula is C9H12FNS. The summed E-state index contributed by atoms with van der Waals surface area (Å²) in [5.74, 6) is 0. The number of benzene rings is 1. The molecule has 0 spiro atoms. The molecular weight excluding hydrogens is 173 g/mol. The SMILES string of the molecule is CCN(Cc1ccccc1)SF. The molecule has 0 fully saturated rings. The van der Waals surface area contributed by atoms with Gasteiger partial charge in [-0.1, -0.05) is 37.3 Å². The molecule has 0 N–H and O–H groups in total. The number of halogens is 1. The van der Waals surface area contributed by atoms with E-state index in [1.54, 1.807) is 4.31 Å². The third-order valence-corrected chi connectivity index (χ3v) is 2.23. The minimum Gasteiger partial charge on any atom is -0.218 e. The molecule has 0 unspecified atom stereocenters. The van der Waals surface area contributed by atoms with E-state index in [-0.39, 0.29) is 0 Å². The Morgan fingerprint density at radius 2 is 2.00 bits per heavy atom. The average Bonchev–Trinajstić information content (AvgIpc) is 2.16. The quantitative estimate of drug-likeness (QED) is 0.663.